The normalized spacial score (nSPS) is 26.9. The van der Waals surface area contributed by atoms with Gasteiger partial charge in [-0.05, 0) is 104 Å². The summed E-state index contributed by atoms with van der Waals surface area (Å²) in [4.78, 5) is 61.5. The Kier molecular flexibility index (Phi) is 7.49. The fourth-order valence-electron chi connectivity index (χ4n) is 9.34. The molecule has 4 heterocycles. The smallest absolute Gasteiger partial charge is 0.242 e. The van der Waals surface area contributed by atoms with Crippen molar-refractivity contribution in [1.82, 2.24) is 9.78 Å². The van der Waals surface area contributed by atoms with Gasteiger partial charge in [0.25, 0.3) is 0 Å². The topological polar surface area (TPSA) is 113 Å². The predicted octanol–water partition coefficient (Wildman–Crippen LogP) is 8.17. The molecule has 4 aliphatic rings. The number of hydrogen-bond donors (Lipinski definition) is 1. The van der Waals surface area contributed by atoms with Gasteiger partial charge >= 0.3 is 0 Å². The highest BCUT2D eigenvalue weighted by Crippen LogP contribution is 2.64. The van der Waals surface area contributed by atoms with Crippen LogP contribution in [-0.2, 0) is 26.2 Å². The van der Waals surface area contributed by atoms with Crippen molar-refractivity contribution in [3.63, 3.8) is 0 Å². The summed E-state index contributed by atoms with van der Waals surface area (Å²) in [6.45, 7) is 3.87. The average Bonchev–Trinajstić information content (AvgIpc) is 3.79. The van der Waals surface area contributed by atoms with E-state index in [1.54, 1.807) is 77.7 Å². The Morgan fingerprint density at radius 2 is 1.65 bits per heavy atom. The minimum Gasteiger partial charge on any atom is -0.508 e. The maximum absolute atomic E-state index is 15.0. The van der Waals surface area contributed by atoms with Crippen LogP contribution in [0, 0.1) is 36.0 Å². The van der Waals surface area contributed by atoms with Gasteiger partial charge in [0.15, 0.2) is 0 Å². The van der Waals surface area contributed by atoms with E-state index in [2.05, 4.69) is 15.9 Å². The molecule has 2 aliphatic heterocycles. The van der Waals surface area contributed by atoms with Gasteiger partial charge in [0, 0.05) is 33.2 Å². The molecule has 2 saturated heterocycles. The fourth-order valence-corrected chi connectivity index (χ4v) is 10.9. The van der Waals surface area contributed by atoms with Gasteiger partial charge in [-0.15, -0.1) is 11.3 Å². The van der Waals surface area contributed by atoms with Crippen molar-refractivity contribution in [2.24, 2.45) is 36.1 Å². The number of rotatable bonds is 4. The molecule has 12 heteroatoms. The minimum absolute atomic E-state index is 0.0777. The second-order valence-electron chi connectivity index (χ2n) is 14.4. The molecular weight excluding hydrogens is 764 g/mol. The summed E-state index contributed by atoms with van der Waals surface area (Å²) >= 11 is 11.3. The molecule has 3 aromatic carbocycles. The number of aryl methyl sites for hydroxylation is 2. The molecule has 0 spiro atoms. The van der Waals surface area contributed by atoms with E-state index in [1.807, 2.05) is 38.1 Å². The number of phenolic OH excluding ortho intramolecular Hbond substituents is 1. The van der Waals surface area contributed by atoms with Gasteiger partial charge in [0.1, 0.15) is 17.3 Å². The molecule has 2 aliphatic carbocycles. The molecule has 9 nitrogen and oxygen atoms in total. The van der Waals surface area contributed by atoms with E-state index in [1.165, 1.54) is 9.80 Å². The second-order valence-corrected chi connectivity index (χ2v) is 16.9. The zero-order chi connectivity index (χ0) is 36.4. The highest BCUT2D eigenvalue weighted by atomic mass is 79.9. The van der Waals surface area contributed by atoms with E-state index in [4.69, 9.17) is 16.7 Å². The number of aromatic nitrogens is 2. The molecule has 1 saturated carbocycles. The predicted molar refractivity (Wildman–Crippen MR) is 203 cm³/mol. The van der Waals surface area contributed by atoms with Crippen LogP contribution in [0.1, 0.15) is 36.8 Å². The van der Waals surface area contributed by atoms with Crippen molar-refractivity contribution in [3.8, 4) is 16.3 Å². The van der Waals surface area contributed by atoms with Crippen LogP contribution in [-0.4, -0.2) is 38.5 Å². The van der Waals surface area contributed by atoms with Gasteiger partial charge in [-0.25, -0.2) is 4.90 Å². The van der Waals surface area contributed by atoms with Crippen molar-refractivity contribution in [2.75, 3.05) is 9.80 Å². The van der Waals surface area contributed by atoms with E-state index in [9.17, 15) is 24.3 Å². The van der Waals surface area contributed by atoms with Gasteiger partial charge in [-0.2, -0.15) is 5.10 Å². The van der Waals surface area contributed by atoms with Gasteiger partial charge < -0.3 is 5.11 Å². The molecule has 0 bridgehead atoms. The first-order valence-corrected chi connectivity index (χ1v) is 19.1. The third-order valence-corrected chi connectivity index (χ3v) is 13.9. The molecule has 4 amide bonds. The first-order valence-electron chi connectivity index (χ1n) is 17.1. The fraction of sp³-hybridized carbons (Fsp3) is 0.275. The zero-order valence-electron chi connectivity index (χ0n) is 28.3. The van der Waals surface area contributed by atoms with Gasteiger partial charge in [-0.1, -0.05) is 51.3 Å². The van der Waals surface area contributed by atoms with Gasteiger partial charge in [0.2, 0.25) is 23.6 Å². The maximum atomic E-state index is 15.0. The van der Waals surface area contributed by atoms with Gasteiger partial charge in [0.05, 0.1) is 33.7 Å². The maximum Gasteiger partial charge on any atom is 0.242 e. The third kappa shape index (κ3) is 4.61. The van der Waals surface area contributed by atoms with Crippen LogP contribution < -0.4 is 9.80 Å². The van der Waals surface area contributed by atoms with Crippen LogP contribution in [0.25, 0.3) is 20.7 Å². The average molecular weight is 796 g/mol. The number of anilines is 2. The summed E-state index contributed by atoms with van der Waals surface area (Å²) in [6.07, 6.45) is 2.62. The Balaban J connectivity index is 1.14. The summed E-state index contributed by atoms with van der Waals surface area (Å²) in [5.74, 6) is -3.85. The molecule has 0 radical (unpaired) electrons. The molecule has 9 rings (SSSR count). The van der Waals surface area contributed by atoms with Crippen LogP contribution in [0.4, 0.5) is 11.5 Å². The molecule has 5 aromatic rings. The van der Waals surface area contributed by atoms with E-state index >= 15 is 0 Å². The Hall–Kier alpha value is -4.58. The van der Waals surface area contributed by atoms with Gasteiger partial charge in [-0.3, -0.25) is 28.8 Å². The lowest BCUT2D eigenvalue weighted by Crippen LogP contribution is -2.48. The SMILES string of the molecule is Cc1c(-c2cc(N3C(=O)[C@@H]4C[C@@H]5C(=CC[C@@H]6C(=O)N(c7ccc(Br)cc7)C(=O)[C@@H]65)[C@H](c5ccc(O)cc5)[C@]4(C)C3=O)n(C)n2)sc2ccc(Cl)cc12. The van der Waals surface area contributed by atoms with Crippen molar-refractivity contribution in [2.45, 2.75) is 32.6 Å². The standard InChI is InChI=1S/C40H32BrClN4O5S/c1-19-27-16-22(42)8-15-31(27)52-35(19)30-18-32(44(3)43-30)46-37(49)29-17-28-25(34(40(29,2)39(46)51)20-4-11-24(47)12-5-20)13-14-26-33(28)38(50)45(36(26)48)23-9-6-21(41)7-10-23/h4-13,15-16,18,26,28-29,33-34,47H,14,17H2,1-3H3/t26-,28+,29-,33-,34-,40+/m0/s1. The molecule has 0 unspecified atom stereocenters. The number of nitrogens with zero attached hydrogens (tertiary/aromatic N) is 4. The molecule has 1 N–H and O–H groups in total. The molecule has 52 heavy (non-hydrogen) atoms. The Bertz CT molecular complexity index is 2420. The second kappa shape index (κ2) is 11.7. The highest BCUT2D eigenvalue weighted by molar-refractivity contribution is 9.10. The number of carbonyl (C=O) groups is 4. The van der Waals surface area contributed by atoms with Crippen molar-refractivity contribution in [1.29, 1.82) is 0 Å². The highest BCUT2D eigenvalue weighted by Gasteiger charge is 2.68. The number of halogens is 2. The van der Waals surface area contributed by atoms with Crippen molar-refractivity contribution < 1.29 is 24.3 Å². The minimum atomic E-state index is -1.21. The Labute approximate surface area is 316 Å². The summed E-state index contributed by atoms with van der Waals surface area (Å²) in [7, 11) is 1.73. The van der Waals surface area contributed by atoms with Crippen molar-refractivity contribution >= 4 is 84.1 Å². The number of thiophene rings is 1. The largest absolute Gasteiger partial charge is 0.508 e. The summed E-state index contributed by atoms with van der Waals surface area (Å²) < 4.78 is 3.47. The van der Waals surface area contributed by atoms with Crippen LogP contribution in [0.2, 0.25) is 5.02 Å². The van der Waals surface area contributed by atoms with Crippen LogP contribution in [0.3, 0.4) is 0 Å². The molecule has 6 atom stereocenters. The quantitative estimate of drug-likeness (QED) is 0.145. The zero-order valence-corrected chi connectivity index (χ0v) is 31.5. The number of aromatic hydroxyl groups is 1. The van der Waals surface area contributed by atoms with Crippen molar-refractivity contribution in [3.05, 3.63) is 105 Å². The van der Waals surface area contributed by atoms with Crippen LogP contribution in [0.15, 0.2) is 88.9 Å². The number of benzene rings is 3. The summed E-state index contributed by atoms with van der Waals surface area (Å²) in [6, 6.07) is 21.4. The first kappa shape index (κ1) is 33.3. The van der Waals surface area contributed by atoms with E-state index < -0.39 is 35.0 Å². The molecule has 2 aromatic heterocycles. The number of imide groups is 2. The van der Waals surface area contributed by atoms with Crippen LogP contribution >= 0.6 is 38.9 Å². The van der Waals surface area contributed by atoms with E-state index in [0.717, 1.165) is 36.1 Å². The lowest BCUT2D eigenvalue weighted by molar-refractivity contribution is -0.131. The van der Waals surface area contributed by atoms with E-state index in [0.29, 0.717) is 28.6 Å². The van der Waals surface area contributed by atoms with Crippen LogP contribution in [0.5, 0.6) is 5.75 Å². The number of hydrogen-bond acceptors (Lipinski definition) is 7. The lowest BCUT2D eigenvalue weighted by Gasteiger charge is -2.49. The monoisotopic (exact) mass is 794 g/mol. The Morgan fingerprint density at radius 1 is 0.923 bits per heavy atom. The number of phenols is 1. The summed E-state index contributed by atoms with van der Waals surface area (Å²) in [5, 5.41) is 16.7. The first-order chi connectivity index (χ1) is 24.9. The number of amides is 4. The number of carbonyl (C=O) groups excluding carboxylic acids is 4. The number of allylic oxidation sites excluding steroid dienone is 2. The van der Waals surface area contributed by atoms with E-state index in [-0.39, 0.29) is 35.8 Å². The Morgan fingerprint density at radius 3 is 2.38 bits per heavy atom. The third-order valence-electron chi connectivity index (χ3n) is 11.8. The molecule has 262 valence electrons. The molecule has 3 fully saturated rings. The number of fused-ring (bicyclic) bond motifs is 5. The molecular formula is C40H32BrClN4O5S. The summed E-state index contributed by atoms with van der Waals surface area (Å²) in [5.41, 5.74) is 2.59. The lowest BCUT2D eigenvalue weighted by atomic mass is 9.51.